The monoisotopic (exact) mass is 258 g/mol. The number of thiazole rings is 1. The second-order valence-electron chi connectivity index (χ2n) is 4.66. The lowest BCUT2D eigenvalue weighted by molar-refractivity contribution is 0.489. The highest BCUT2D eigenvalue weighted by Crippen LogP contribution is 2.28. The predicted octanol–water partition coefficient (Wildman–Crippen LogP) is 3.26. The van der Waals surface area contributed by atoms with Gasteiger partial charge in [-0.15, -0.1) is 22.9 Å². The van der Waals surface area contributed by atoms with Crippen LogP contribution in [0.1, 0.15) is 34.8 Å². The van der Waals surface area contributed by atoms with Crippen LogP contribution in [-0.4, -0.2) is 16.9 Å². The molecule has 0 amide bonds. The molecule has 1 saturated carbocycles. The minimum Gasteiger partial charge on any atom is -0.310 e. The summed E-state index contributed by atoms with van der Waals surface area (Å²) in [6.07, 6.45) is 3.63. The number of halogens is 1. The van der Waals surface area contributed by atoms with Gasteiger partial charge in [0.05, 0.1) is 5.69 Å². The molecule has 0 aromatic carbocycles. The maximum absolute atomic E-state index is 6.09. The van der Waals surface area contributed by atoms with Gasteiger partial charge in [-0.1, -0.05) is 0 Å². The van der Waals surface area contributed by atoms with Gasteiger partial charge >= 0.3 is 0 Å². The normalized spacial score (nSPS) is 25.2. The van der Waals surface area contributed by atoms with Crippen molar-refractivity contribution < 1.29 is 0 Å². The van der Waals surface area contributed by atoms with E-state index in [1.807, 2.05) is 0 Å². The van der Waals surface area contributed by atoms with Crippen LogP contribution < -0.4 is 5.32 Å². The topological polar surface area (TPSA) is 24.9 Å². The Hall–Kier alpha value is -0.120. The van der Waals surface area contributed by atoms with Gasteiger partial charge in [-0.2, -0.15) is 0 Å². The molecule has 2 rings (SSSR count). The third kappa shape index (κ3) is 3.19. The quantitative estimate of drug-likeness (QED) is 0.839. The third-order valence-corrected chi connectivity index (χ3v) is 4.73. The summed E-state index contributed by atoms with van der Waals surface area (Å²) < 4.78 is 0. The molecule has 1 aliphatic carbocycles. The van der Waals surface area contributed by atoms with Crippen LogP contribution in [0, 0.1) is 19.8 Å². The highest BCUT2D eigenvalue weighted by molar-refractivity contribution is 7.11. The van der Waals surface area contributed by atoms with Crippen molar-refractivity contribution in [1.29, 1.82) is 0 Å². The molecule has 1 aromatic heterocycles. The van der Waals surface area contributed by atoms with Crippen LogP contribution in [0.25, 0.3) is 0 Å². The maximum atomic E-state index is 6.09. The first-order valence-corrected chi connectivity index (χ1v) is 7.18. The van der Waals surface area contributed by atoms with Crippen LogP contribution in [-0.2, 0) is 6.54 Å². The highest BCUT2D eigenvalue weighted by atomic mass is 35.5. The second kappa shape index (κ2) is 5.48. The van der Waals surface area contributed by atoms with Crippen molar-refractivity contribution in [3.63, 3.8) is 0 Å². The highest BCUT2D eigenvalue weighted by Gasteiger charge is 2.22. The summed E-state index contributed by atoms with van der Waals surface area (Å²) in [6.45, 7) is 6.19. The Labute approximate surface area is 106 Å². The van der Waals surface area contributed by atoms with Crippen molar-refractivity contribution >= 4 is 22.9 Å². The molecule has 0 bridgehead atoms. The molecule has 1 heterocycles. The first kappa shape index (κ1) is 12.3. The SMILES string of the molecule is Cc1nc(CNCC2CCC(Cl)C2)sc1C. The van der Waals surface area contributed by atoms with Gasteiger partial charge in [0.1, 0.15) is 5.01 Å². The Morgan fingerprint density at radius 2 is 2.25 bits per heavy atom. The van der Waals surface area contributed by atoms with E-state index in [0.29, 0.717) is 5.38 Å². The first-order valence-electron chi connectivity index (χ1n) is 5.93. The zero-order valence-electron chi connectivity index (χ0n) is 9.92. The Morgan fingerprint density at radius 3 is 2.81 bits per heavy atom. The van der Waals surface area contributed by atoms with Gasteiger partial charge in [0.2, 0.25) is 0 Å². The molecule has 1 fully saturated rings. The van der Waals surface area contributed by atoms with E-state index in [-0.39, 0.29) is 0 Å². The smallest absolute Gasteiger partial charge is 0.107 e. The average Bonchev–Trinajstić information content (AvgIpc) is 2.75. The molecule has 0 aliphatic heterocycles. The van der Waals surface area contributed by atoms with Gasteiger partial charge in [-0.05, 0) is 45.6 Å². The number of hydrogen-bond acceptors (Lipinski definition) is 3. The van der Waals surface area contributed by atoms with Crippen LogP contribution in [0.15, 0.2) is 0 Å². The van der Waals surface area contributed by atoms with E-state index in [1.54, 1.807) is 11.3 Å². The number of aromatic nitrogens is 1. The van der Waals surface area contributed by atoms with E-state index in [2.05, 4.69) is 24.1 Å². The van der Waals surface area contributed by atoms with Gasteiger partial charge in [-0.25, -0.2) is 4.98 Å². The molecule has 1 N–H and O–H groups in total. The second-order valence-corrected chi connectivity index (χ2v) is 6.56. The number of nitrogens with zero attached hydrogens (tertiary/aromatic N) is 1. The maximum Gasteiger partial charge on any atom is 0.107 e. The van der Waals surface area contributed by atoms with Crippen LogP contribution in [0.5, 0.6) is 0 Å². The zero-order valence-corrected chi connectivity index (χ0v) is 11.5. The lowest BCUT2D eigenvalue weighted by Crippen LogP contribution is -2.21. The van der Waals surface area contributed by atoms with E-state index in [4.69, 9.17) is 11.6 Å². The summed E-state index contributed by atoms with van der Waals surface area (Å²) in [5, 5.41) is 5.11. The number of aryl methyl sites for hydroxylation is 2. The minimum atomic E-state index is 0.413. The molecular weight excluding hydrogens is 240 g/mol. The molecule has 2 atom stereocenters. The Bertz CT molecular complexity index is 331. The van der Waals surface area contributed by atoms with Crippen molar-refractivity contribution in [3.8, 4) is 0 Å². The molecule has 1 aromatic rings. The van der Waals surface area contributed by atoms with Gasteiger partial charge in [0.25, 0.3) is 0 Å². The van der Waals surface area contributed by atoms with Crippen LogP contribution >= 0.6 is 22.9 Å². The van der Waals surface area contributed by atoms with E-state index in [1.165, 1.54) is 34.8 Å². The Balaban J connectivity index is 1.72. The zero-order chi connectivity index (χ0) is 11.5. The molecule has 4 heteroatoms. The number of hydrogen-bond donors (Lipinski definition) is 1. The largest absolute Gasteiger partial charge is 0.310 e. The third-order valence-electron chi connectivity index (χ3n) is 3.26. The molecular formula is C12H19ClN2S. The van der Waals surface area contributed by atoms with Crippen molar-refractivity contribution in [2.75, 3.05) is 6.54 Å². The van der Waals surface area contributed by atoms with Crippen LogP contribution in [0.3, 0.4) is 0 Å². The van der Waals surface area contributed by atoms with E-state index >= 15 is 0 Å². The summed E-state index contributed by atoms with van der Waals surface area (Å²) in [5.41, 5.74) is 1.17. The van der Waals surface area contributed by atoms with Crippen molar-refractivity contribution in [2.24, 2.45) is 5.92 Å². The molecule has 1 aliphatic rings. The van der Waals surface area contributed by atoms with Gasteiger partial charge < -0.3 is 5.32 Å². The van der Waals surface area contributed by atoms with E-state index < -0.39 is 0 Å². The molecule has 90 valence electrons. The fraction of sp³-hybridized carbons (Fsp3) is 0.750. The van der Waals surface area contributed by atoms with Crippen molar-refractivity contribution in [3.05, 3.63) is 15.6 Å². The Kier molecular flexibility index (Phi) is 4.22. The fourth-order valence-electron chi connectivity index (χ4n) is 2.20. The lowest BCUT2D eigenvalue weighted by atomic mass is 10.1. The molecule has 0 spiro atoms. The molecule has 0 saturated heterocycles. The summed E-state index contributed by atoms with van der Waals surface area (Å²) >= 11 is 7.89. The van der Waals surface area contributed by atoms with E-state index in [0.717, 1.165) is 19.0 Å². The number of nitrogens with one attached hydrogen (secondary N) is 1. The minimum absolute atomic E-state index is 0.413. The van der Waals surface area contributed by atoms with Crippen LogP contribution in [0.2, 0.25) is 0 Å². The van der Waals surface area contributed by atoms with Crippen molar-refractivity contribution in [2.45, 2.75) is 45.0 Å². The summed E-state index contributed by atoms with van der Waals surface area (Å²) in [4.78, 5) is 5.85. The van der Waals surface area contributed by atoms with E-state index in [9.17, 15) is 0 Å². The summed E-state index contributed by atoms with van der Waals surface area (Å²) in [7, 11) is 0. The molecule has 2 nitrogen and oxygen atoms in total. The summed E-state index contributed by atoms with van der Waals surface area (Å²) in [5.74, 6) is 0.768. The molecule has 16 heavy (non-hydrogen) atoms. The lowest BCUT2D eigenvalue weighted by Gasteiger charge is -2.09. The Morgan fingerprint density at radius 1 is 1.44 bits per heavy atom. The van der Waals surface area contributed by atoms with Crippen LogP contribution in [0.4, 0.5) is 0 Å². The van der Waals surface area contributed by atoms with Gasteiger partial charge in [-0.3, -0.25) is 0 Å². The number of rotatable bonds is 4. The number of alkyl halides is 1. The average molecular weight is 259 g/mol. The first-order chi connectivity index (χ1) is 7.65. The molecule has 0 radical (unpaired) electrons. The summed E-state index contributed by atoms with van der Waals surface area (Å²) in [6, 6.07) is 0. The molecule has 2 unspecified atom stereocenters. The van der Waals surface area contributed by atoms with Gasteiger partial charge in [0, 0.05) is 16.8 Å². The van der Waals surface area contributed by atoms with Gasteiger partial charge in [0.15, 0.2) is 0 Å². The predicted molar refractivity (Wildman–Crippen MR) is 70.3 cm³/mol. The fourth-order valence-corrected chi connectivity index (χ4v) is 3.48. The standard InChI is InChI=1S/C12H19ClN2S/c1-8-9(2)16-12(15-8)7-14-6-10-3-4-11(13)5-10/h10-11,14H,3-7H2,1-2H3. The van der Waals surface area contributed by atoms with Crippen molar-refractivity contribution in [1.82, 2.24) is 10.3 Å².